The zero-order valence-corrected chi connectivity index (χ0v) is 8.01. The molecule has 2 atom stereocenters. The summed E-state index contributed by atoms with van der Waals surface area (Å²) in [5.74, 6) is 0.196. The Balaban J connectivity index is 1.71. The molecule has 78 valence electrons. The molecule has 5 nitrogen and oxygen atoms in total. The molecule has 2 fully saturated rings. The highest BCUT2D eigenvalue weighted by molar-refractivity contribution is 5.83. The van der Waals surface area contributed by atoms with Crippen molar-refractivity contribution >= 4 is 11.8 Å². The molecule has 0 spiro atoms. The maximum Gasteiger partial charge on any atom is 0.237 e. The lowest BCUT2D eigenvalue weighted by atomic mass is 10.2. The van der Waals surface area contributed by atoms with Crippen LogP contribution in [0.1, 0.15) is 19.3 Å². The van der Waals surface area contributed by atoms with Gasteiger partial charge in [-0.1, -0.05) is 0 Å². The maximum atomic E-state index is 11.2. The average molecular weight is 197 g/mol. The van der Waals surface area contributed by atoms with E-state index in [4.69, 9.17) is 0 Å². The monoisotopic (exact) mass is 197 g/mol. The van der Waals surface area contributed by atoms with Crippen molar-refractivity contribution in [3.05, 3.63) is 0 Å². The molecule has 2 heterocycles. The Morgan fingerprint density at radius 1 is 1.36 bits per heavy atom. The van der Waals surface area contributed by atoms with E-state index in [-0.39, 0.29) is 23.9 Å². The molecule has 2 saturated heterocycles. The van der Waals surface area contributed by atoms with Gasteiger partial charge in [0.1, 0.15) is 0 Å². The molecular weight excluding hydrogens is 182 g/mol. The largest absolute Gasteiger partial charge is 0.355 e. The van der Waals surface area contributed by atoms with Crippen molar-refractivity contribution in [3.63, 3.8) is 0 Å². The third-order valence-electron chi connectivity index (χ3n) is 2.74. The van der Waals surface area contributed by atoms with Crippen molar-refractivity contribution in [3.8, 4) is 0 Å². The van der Waals surface area contributed by atoms with Crippen molar-refractivity contribution in [2.75, 3.05) is 13.1 Å². The first-order valence-electron chi connectivity index (χ1n) is 5.06. The van der Waals surface area contributed by atoms with Gasteiger partial charge in [-0.2, -0.15) is 0 Å². The number of amides is 2. The molecule has 14 heavy (non-hydrogen) atoms. The number of hydrogen-bond donors (Lipinski definition) is 3. The van der Waals surface area contributed by atoms with E-state index < -0.39 is 0 Å². The van der Waals surface area contributed by atoms with Gasteiger partial charge in [0.05, 0.1) is 6.04 Å². The topological polar surface area (TPSA) is 70.2 Å². The van der Waals surface area contributed by atoms with E-state index in [1.54, 1.807) is 0 Å². The van der Waals surface area contributed by atoms with E-state index in [0.29, 0.717) is 13.0 Å². The summed E-state index contributed by atoms with van der Waals surface area (Å²) in [5, 5.41) is 8.79. The normalized spacial score (nSPS) is 31.7. The van der Waals surface area contributed by atoms with Crippen LogP contribution in [0.2, 0.25) is 0 Å². The van der Waals surface area contributed by atoms with Crippen LogP contribution in [-0.2, 0) is 9.59 Å². The van der Waals surface area contributed by atoms with E-state index >= 15 is 0 Å². The van der Waals surface area contributed by atoms with Gasteiger partial charge in [0.2, 0.25) is 11.8 Å². The molecule has 5 heteroatoms. The van der Waals surface area contributed by atoms with Crippen molar-refractivity contribution in [2.45, 2.75) is 31.3 Å². The highest BCUT2D eigenvalue weighted by Gasteiger charge is 2.26. The summed E-state index contributed by atoms with van der Waals surface area (Å²) in [6.07, 6.45) is 2.34. The van der Waals surface area contributed by atoms with Crippen LogP contribution >= 0.6 is 0 Å². The number of carbonyl (C=O) groups excluding carboxylic acids is 2. The van der Waals surface area contributed by atoms with Crippen LogP contribution in [0.4, 0.5) is 0 Å². The maximum absolute atomic E-state index is 11.2. The van der Waals surface area contributed by atoms with Crippen molar-refractivity contribution < 1.29 is 9.59 Å². The predicted octanol–water partition coefficient (Wildman–Crippen LogP) is -1.26. The second-order valence-electron chi connectivity index (χ2n) is 3.84. The molecule has 2 unspecified atom stereocenters. The molecular formula is C9H15N3O2. The van der Waals surface area contributed by atoms with Gasteiger partial charge >= 0.3 is 0 Å². The molecule has 3 N–H and O–H groups in total. The smallest absolute Gasteiger partial charge is 0.237 e. The van der Waals surface area contributed by atoms with Gasteiger partial charge in [0.25, 0.3) is 0 Å². The Morgan fingerprint density at radius 3 is 2.79 bits per heavy atom. The molecule has 0 saturated carbocycles. The molecule has 2 aliphatic rings. The van der Waals surface area contributed by atoms with E-state index in [2.05, 4.69) is 16.0 Å². The summed E-state index contributed by atoms with van der Waals surface area (Å²) in [6.45, 7) is 1.46. The number of hydrogen-bond acceptors (Lipinski definition) is 3. The summed E-state index contributed by atoms with van der Waals surface area (Å²) in [7, 11) is 0. The second kappa shape index (κ2) is 3.96. The van der Waals surface area contributed by atoms with Crippen molar-refractivity contribution in [1.29, 1.82) is 0 Å². The Hall–Kier alpha value is -1.10. The lowest BCUT2D eigenvalue weighted by Crippen LogP contribution is -2.43. The third-order valence-corrected chi connectivity index (χ3v) is 2.74. The summed E-state index contributed by atoms with van der Waals surface area (Å²) in [6, 6.07) is 0.142. The van der Waals surface area contributed by atoms with Crippen LogP contribution in [0.15, 0.2) is 0 Å². The number of rotatable bonds is 3. The van der Waals surface area contributed by atoms with E-state index in [0.717, 1.165) is 19.4 Å². The first-order valence-corrected chi connectivity index (χ1v) is 5.06. The zero-order chi connectivity index (χ0) is 9.97. The third kappa shape index (κ3) is 2.04. The molecule has 0 radical (unpaired) electrons. The SMILES string of the molecule is O=C1CCC(CNC2CCNC2=O)N1. The fraction of sp³-hybridized carbons (Fsp3) is 0.778. The van der Waals surface area contributed by atoms with Gasteiger partial charge in [0.15, 0.2) is 0 Å². The van der Waals surface area contributed by atoms with Crippen LogP contribution in [0.25, 0.3) is 0 Å². The zero-order valence-electron chi connectivity index (χ0n) is 8.01. The number of nitrogens with one attached hydrogen (secondary N) is 3. The van der Waals surface area contributed by atoms with Gasteiger partial charge in [-0.15, -0.1) is 0 Å². The molecule has 2 rings (SSSR count). The fourth-order valence-corrected chi connectivity index (χ4v) is 1.90. The summed E-state index contributed by atoms with van der Waals surface area (Å²) >= 11 is 0. The summed E-state index contributed by atoms with van der Waals surface area (Å²) in [5.41, 5.74) is 0. The van der Waals surface area contributed by atoms with Gasteiger partial charge in [0, 0.05) is 25.6 Å². The minimum atomic E-state index is -0.0625. The minimum absolute atomic E-state index is 0.0625. The Labute approximate surface area is 82.6 Å². The van der Waals surface area contributed by atoms with Crippen molar-refractivity contribution in [1.82, 2.24) is 16.0 Å². The van der Waals surface area contributed by atoms with Gasteiger partial charge in [-0.3, -0.25) is 9.59 Å². The first-order chi connectivity index (χ1) is 6.75. The lowest BCUT2D eigenvalue weighted by molar-refractivity contribution is -0.120. The molecule has 0 aliphatic carbocycles. The highest BCUT2D eigenvalue weighted by atomic mass is 16.2. The first kappa shape index (κ1) is 9.45. The average Bonchev–Trinajstić information content (AvgIpc) is 2.72. The van der Waals surface area contributed by atoms with Crippen LogP contribution in [0, 0.1) is 0 Å². The molecule has 2 aliphatic heterocycles. The summed E-state index contributed by atoms with van der Waals surface area (Å²) in [4.78, 5) is 22.1. The molecule has 0 aromatic rings. The van der Waals surface area contributed by atoms with Gasteiger partial charge in [-0.25, -0.2) is 0 Å². The fourth-order valence-electron chi connectivity index (χ4n) is 1.90. The second-order valence-corrected chi connectivity index (χ2v) is 3.84. The highest BCUT2D eigenvalue weighted by Crippen LogP contribution is 2.06. The Morgan fingerprint density at radius 2 is 2.21 bits per heavy atom. The molecule has 0 bridgehead atoms. The van der Waals surface area contributed by atoms with E-state index in [1.807, 2.05) is 0 Å². The van der Waals surface area contributed by atoms with Crippen LogP contribution in [-0.4, -0.2) is 37.0 Å². The minimum Gasteiger partial charge on any atom is -0.355 e. The number of carbonyl (C=O) groups is 2. The summed E-state index contributed by atoms with van der Waals surface area (Å²) < 4.78 is 0. The quantitative estimate of drug-likeness (QED) is 0.529. The van der Waals surface area contributed by atoms with E-state index in [9.17, 15) is 9.59 Å². The standard InChI is InChI=1S/C9H15N3O2/c13-8-2-1-6(12-8)5-11-7-3-4-10-9(7)14/h6-7,11H,1-5H2,(H,10,14)(H,12,13). The Bertz CT molecular complexity index is 254. The lowest BCUT2D eigenvalue weighted by Gasteiger charge is -2.14. The van der Waals surface area contributed by atoms with Gasteiger partial charge < -0.3 is 16.0 Å². The predicted molar refractivity (Wildman–Crippen MR) is 50.6 cm³/mol. The Kier molecular flexibility index (Phi) is 2.67. The molecule has 2 amide bonds. The van der Waals surface area contributed by atoms with Crippen molar-refractivity contribution in [2.24, 2.45) is 0 Å². The van der Waals surface area contributed by atoms with Gasteiger partial charge in [-0.05, 0) is 12.8 Å². The van der Waals surface area contributed by atoms with Crippen LogP contribution < -0.4 is 16.0 Å². The van der Waals surface area contributed by atoms with Crippen LogP contribution in [0.3, 0.4) is 0 Å². The molecule has 0 aromatic heterocycles. The van der Waals surface area contributed by atoms with Crippen LogP contribution in [0.5, 0.6) is 0 Å². The van der Waals surface area contributed by atoms with E-state index in [1.165, 1.54) is 0 Å². The molecule has 0 aromatic carbocycles.